The first kappa shape index (κ1) is 35.4. The highest BCUT2D eigenvalue weighted by Gasteiger charge is 2.39. The molecular formula is C22H19F6N5O8S. The summed E-state index contributed by atoms with van der Waals surface area (Å²) in [6, 6.07) is 10.4. The molecule has 0 bridgehead atoms. The van der Waals surface area contributed by atoms with E-state index in [4.69, 9.17) is 35.5 Å². The van der Waals surface area contributed by atoms with E-state index in [9.17, 15) is 41.3 Å². The molecule has 2 heterocycles. The van der Waals surface area contributed by atoms with Crippen LogP contribution in [0.2, 0.25) is 0 Å². The van der Waals surface area contributed by atoms with Crippen molar-refractivity contribution in [3.8, 4) is 17.7 Å². The van der Waals surface area contributed by atoms with Crippen LogP contribution < -0.4 is 10.5 Å². The summed E-state index contributed by atoms with van der Waals surface area (Å²) >= 11 is 1.53. The van der Waals surface area contributed by atoms with Gasteiger partial charge in [-0.1, -0.05) is 12.1 Å². The number of carboxylic acid groups (broad SMARTS) is 2. The fraction of sp³-hybridized carbons (Fsp3) is 0.318. The maximum absolute atomic E-state index is 12.5. The van der Waals surface area contributed by atoms with E-state index in [1.165, 1.54) is 35.0 Å². The number of nitrogens with two attached hydrogens (primary N) is 1. The molecular weight excluding hydrogens is 608 g/mol. The fourth-order valence-corrected chi connectivity index (χ4v) is 3.81. The van der Waals surface area contributed by atoms with Gasteiger partial charge in [-0.2, -0.15) is 31.6 Å². The summed E-state index contributed by atoms with van der Waals surface area (Å²) in [5.41, 5.74) is 6.62. The van der Waals surface area contributed by atoms with Crippen LogP contribution in [0.3, 0.4) is 0 Å². The molecule has 0 saturated carbocycles. The molecule has 3 rings (SSSR count). The first-order valence-electron chi connectivity index (χ1n) is 10.9. The van der Waals surface area contributed by atoms with Crippen molar-refractivity contribution in [1.82, 2.24) is 9.88 Å². The molecule has 13 nitrogen and oxygen atoms in total. The number of nitrogens with zero attached hydrogens (tertiary/aromatic N) is 4. The summed E-state index contributed by atoms with van der Waals surface area (Å²) in [5.74, 6) is -4.41. The third kappa shape index (κ3) is 11.5. The average Bonchev–Trinajstić information content (AvgIpc) is 3.38. The number of thioether (sulfide) groups is 1. The maximum Gasteiger partial charge on any atom is 0.490 e. The van der Waals surface area contributed by atoms with Crippen LogP contribution >= 0.6 is 11.8 Å². The number of ether oxygens (including phenoxy) is 1. The highest BCUT2D eigenvalue weighted by Crippen LogP contribution is 2.28. The number of carboxylic acids is 2. The monoisotopic (exact) mass is 627 g/mol. The van der Waals surface area contributed by atoms with Crippen molar-refractivity contribution in [3.63, 3.8) is 0 Å². The lowest BCUT2D eigenvalue weighted by atomic mass is 10.1. The number of pyridine rings is 1. The summed E-state index contributed by atoms with van der Waals surface area (Å²) in [6.45, 7) is 0. The van der Waals surface area contributed by atoms with Gasteiger partial charge in [-0.25, -0.2) is 14.6 Å². The molecule has 1 aromatic carbocycles. The molecule has 0 aliphatic carbocycles. The first-order valence-corrected chi connectivity index (χ1v) is 12.0. The van der Waals surface area contributed by atoms with E-state index < -0.39 is 41.3 Å². The van der Waals surface area contributed by atoms with E-state index in [0.29, 0.717) is 23.8 Å². The predicted molar refractivity (Wildman–Crippen MR) is 130 cm³/mol. The van der Waals surface area contributed by atoms with Crippen molar-refractivity contribution in [2.45, 2.75) is 30.9 Å². The second-order valence-electron chi connectivity index (χ2n) is 7.70. The fourth-order valence-electron chi connectivity index (χ4n) is 2.73. The summed E-state index contributed by atoms with van der Waals surface area (Å²) in [6.07, 6.45) is -8.45. The molecule has 2 atom stereocenters. The number of carbonyl (C=O) groups is 3. The highest BCUT2D eigenvalue weighted by molar-refractivity contribution is 7.99. The van der Waals surface area contributed by atoms with Crippen molar-refractivity contribution in [2.75, 3.05) is 11.6 Å². The molecule has 1 amide bonds. The van der Waals surface area contributed by atoms with Crippen LogP contribution in [0.5, 0.6) is 11.6 Å². The highest BCUT2D eigenvalue weighted by atomic mass is 32.2. The van der Waals surface area contributed by atoms with Gasteiger partial charge in [-0.05, 0) is 30.2 Å². The van der Waals surface area contributed by atoms with Crippen molar-refractivity contribution >= 4 is 35.3 Å². The zero-order valence-corrected chi connectivity index (χ0v) is 21.5. The second-order valence-corrected chi connectivity index (χ2v) is 8.70. The standard InChI is InChI=1S/C18H17N5O4S.2C2HF3O2/c19-9-13-10-28-11-22(13)18(24)15(20)8-12-3-5-14(6-4-12)27-17-16(23(25)26)2-1-7-21-17;2*3-2(4,5)1(6)7/h1-7,13,15H,8,10-11,20H2;2*(H,6,7)/t13-,15+;;/m1../s1. The topological polar surface area (TPSA) is 210 Å². The zero-order chi connectivity index (χ0) is 32.3. The number of carbonyl (C=O) groups excluding carboxylic acids is 1. The zero-order valence-electron chi connectivity index (χ0n) is 20.7. The van der Waals surface area contributed by atoms with Crippen molar-refractivity contribution < 1.29 is 60.6 Å². The molecule has 228 valence electrons. The van der Waals surface area contributed by atoms with Crippen LogP contribution in [0, 0.1) is 21.4 Å². The van der Waals surface area contributed by atoms with E-state index >= 15 is 0 Å². The van der Waals surface area contributed by atoms with Gasteiger partial charge < -0.3 is 25.6 Å². The Labute approximate surface area is 235 Å². The number of aromatic nitrogens is 1. The second kappa shape index (κ2) is 15.4. The number of nitriles is 1. The van der Waals surface area contributed by atoms with Gasteiger partial charge in [0.25, 0.3) is 5.88 Å². The molecule has 0 unspecified atom stereocenters. The smallest absolute Gasteiger partial charge is 0.475 e. The molecule has 42 heavy (non-hydrogen) atoms. The van der Waals surface area contributed by atoms with Crippen LogP contribution in [-0.4, -0.2) is 78.9 Å². The molecule has 1 aliphatic heterocycles. The Morgan fingerprint density at radius 2 is 1.67 bits per heavy atom. The summed E-state index contributed by atoms with van der Waals surface area (Å²) in [5, 5.41) is 34.4. The van der Waals surface area contributed by atoms with Crippen molar-refractivity contribution in [1.29, 1.82) is 5.26 Å². The number of aliphatic carboxylic acids is 2. The molecule has 1 saturated heterocycles. The van der Waals surface area contributed by atoms with Gasteiger partial charge in [0.2, 0.25) is 5.91 Å². The van der Waals surface area contributed by atoms with E-state index in [-0.39, 0.29) is 17.5 Å². The van der Waals surface area contributed by atoms with Crippen LogP contribution in [0.1, 0.15) is 5.56 Å². The number of nitro groups is 1. The van der Waals surface area contributed by atoms with Crippen LogP contribution in [0.4, 0.5) is 32.0 Å². The van der Waals surface area contributed by atoms with E-state index in [0.717, 1.165) is 5.56 Å². The average molecular weight is 627 g/mol. The molecule has 1 aliphatic rings. The summed E-state index contributed by atoms with van der Waals surface area (Å²) in [7, 11) is 0. The Morgan fingerprint density at radius 3 is 2.12 bits per heavy atom. The van der Waals surface area contributed by atoms with Crippen LogP contribution in [0.25, 0.3) is 0 Å². The van der Waals surface area contributed by atoms with Crippen LogP contribution in [-0.2, 0) is 20.8 Å². The first-order chi connectivity index (χ1) is 19.4. The molecule has 0 radical (unpaired) electrons. The third-order valence-electron chi connectivity index (χ3n) is 4.66. The number of rotatable bonds is 6. The summed E-state index contributed by atoms with van der Waals surface area (Å²) in [4.78, 5) is 46.1. The largest absolute Gasteiger partial charge is 0.490 e. The van der Waals surface area contributed by atoms with Crippen molar-refractivity contribution in [2.24, 2.45) is 5.73 Å². The van der Waals surface area contributed by atoms with Gasteiger partial charge in [-0.3, -0.25) is 14.9 Å². The number of amides is 1. The Bertz CT molecular complexity index is 1280. The maximum atomic E-state index is 12.5. The molecule has 2 aromatic rings. The SMILES string of the molecule is N#C[C@@H]1CSCN1C(=O)[C@@H](N)Cc1ccc(Oc2ncccc2[N+](=O)[O-])cc1.O=C(O)C(F)(F)F.O=C(O)C(F)(F)F. The normalized spacial score (nSPS) is 15.1. The predicted octanol–water partition coefficient (Wildman–Crippen LogP) is 3.34. The lowest BCUT2D eigenvalue weighted by molar-refractivity contribution is -0.386. The minimum absolute atomic E-state index is 0.0961. The quantitative estimate of drug-likeness (QED) is 0.239. The van der Waals surface area contributed by atoms with Crippen LogP contribution in [0.15, 0.2) is 42.6 Å². The lowest BCUT2D eigenvalue weighted by Gasteiger charge is -2.22. The molecule has 1 fully saturated rings. The van der Waals surface area contributed by atoms with E-state index in [1.807, 2.05) is 0 Å². The number of benzene rings is 1. The van der Waals surface area contributed by atoms with E-state index in [2.05, 4.69) is 11.1 Å². The Balaban J connectivity index is 0.000000522. The van der Waals surface area contributed by atoms with Crippen molar-refractivity contribution in [3.05, 3.63) is 58.3 Å². The number of halogens is 6. The minimum atomic E-state index is -5.08. The molecule has 1 aromatic heterocycles. The Hall–Kier alpha value is -4.64. The molecule has 20 heteroatoms. The Morgan fingerprint density at radius 1 is 1.14 bits per heavy atom. The Kier molecular flexibility index (Phi) is 13.0. The van der Waals surface area contributed by atoms with E-state index in [1.54, 1.807) is 24.3 Å². The molecule has 0 spiro atoms. The van der Waals surface area contributed by atoms with Gasteiger partial charge in [0.15, 0.2) is 0 Å². The third-order valence-corrected chi connectivity index (χ3v) is 5.67. The number of alkyl halides is 6. The number of hydrogen-bond donors (Lipinski definition) is 3. The van der Waals surface area contributed by atoms with Gasteiger partial charge in [0, 0.05) is 18.0 Å². The van der Waals surface area contributed by atoms with Gasteiger partial charge in [-0.15, -0.1) is 11.8 Å². The van der Waals surface area contributed by atoms with Gasteiger partial charge >= 0.3 is 30.0 Å². The number of hydrogen-bond acceptors (Lipinski definition) is 10. The van der Waals surface area contributed by atoms with Gasteiger partial charge in [0.05, 0.1) is 22.9 Å². The lowest BCUT2D eigenvalue weighted by Crippen LogP contribution is -2.47. The summed E-state index contributed by atoms with van der Waals surface area (Å²) < 4.78 is 69.0. The van der Waals surface area contributed by atoms with Gasteiger partial charge in [0.1, 0.15) is 11.8 Å². The minimum Gasteiger partial charge on any atom is -0.475 e. The molecule has 4 N–H and O–H groups in total.